The van der Waals surface area contributed by atoms with E-state index in [0.717, 1.165) is 14.6 Å². The molecule has 11 heteroatoms. The minimum atomic E-state index is -0.514. The van der Waals surface area contributed by atoms with Crippen LogP contribution in [-0.4, -0.2) is 38.2 Å². The maximum absolute atomic E-state index is 13.1. The van der Waals surface area contributed by atoms with Crippen LogP contribution in [0.4, 0.5) is 0 Å². The van der Waals surface area contributed by atoms with E-state index in [-0.39, 0.29) is 30.8 Å². The Balaban J connectivity index is 1.53. The van der Waals surface area contributed by atoms with E-state index in [2.05, 4.69) is 31.2 Å². The molecular formula is C25H24BrN5O5. The Labute approximate surface area is 214 Å². The van der Waals surface area contributed by atoms with Crippen molar-refractivity contribution in [2.75, 3.05) is 13.2 Å². The summed E-state index contributed by atoms with van der Waals surface area (Å²) in [5, 5.41) is 2.99. The number of pyridine rings is 2. The van der Waals surface area contributed by atoms with Crippen LogP contribution in [-0.2, 0) is 20.1 Å². The van der Waals surface area contributed by atoms with Gasteiger partial charge in [-0.15, -0.1) is 0 Å². The summed E-state index contributed by atoms with van der Waals surface area (Å²) in [6.07, 6.45) is 2.96. The zero-order valence-corrected chi connectivity index (χ0v) is 21.3. The van der Waals surface area contributed by atoms with Gasteiger partial charge in [0.15, 0.2) is 0 Å². The number of amides is 1. The van der Waals surface area contributed by atoms with E-state index in [1.807, 2.05) is 19.1 Å². The molecule has 0 radical (unpaired) electrons. The van der Waals surface area contributed by atoms with Crippen LogP contribution in [0.3, 0.4) is 0 Å². The van der Waals surface area contributed by atoms with E-state index >= 15 is 0 Å². The van der Waals surface area contributed by atoms with Crippen molar-refractivity contribution in [3.63, 3.8) is 0 Å². The number of fused-ring (bicyclic) bond motifs is 1. The number of nitrogens with one attached hydrogen (secondary N) is 1. The first-order valence-corrected chi connectivity index (χ1v) is 12.0. The summed E-state index contributed by atoms with van der Waals surface area (Å²) >= 11 is 3.36. The van der Waals surface area contributed by atoms with E-state index in [4.69, 9.17) is 9.47 Å². The Kier molecular flexibility index (Phi) is 7.79. The second-order valence-corrected chi connectivity index (χ2v) is 8.72. The van der Waals surface area contributed by atoms with Crippen LogP contribution in [0.25, 0.3) is 10.9 Å². The molecule has 1 amide bonds. The smallest absolute Gasteiger partial charge is 0.331 e. The predicted octanol–water partition coefficient (Wildman–Crippen LogP) is 2.66. The summed E-state index contributed by atoms with van der Waals surface area (Å²) in [6, 6.07) is 12.1. The van der Waals surface area contributed by atoms with Gasteiger partial charge in [0.25, 0.3) is 11.5 Å². The summed E-state index contributed by atoms with van der Waals surface area (Å²) in [5.74, 6) is 0.637. The third-order valence-corrected chi connectivity index (χ3v) is 5.94. The summed E-state index contributed by atoms with van der Waals surface area (Å²) in [4.78, 5) is 46.9. The van der Waals surface area contributed by atoms with Crippen LogP contribution in [0, 0.1) is 0 Å². The standard InChI is InChI=1S/C25H24BrN5O5/c1-3-35-22-12-16(8-9-27-22)14-29-23(32)20-13-19-21(15-28-20)30(2)25(34)31(24(19)33)10-11-36-18-6-4-17(26)5-7-18/h4-9,12-13,15H,3,10-11,14H2,1-2H3,(H,29,32). The topological polar surface area (TPSA) is 117 Å². The van der Waals surface area contributed by atoms with Gasteiger partial charge in [-0.25, -0.2) is 14.8 Å². The molecule has 1 N–H and O–H groups in total. The number of benzene rings is 1. The minimum absolute atomic E-state index is 0.0472. The molecule has 3 aromatic heterocycles. The number of rotatable bonds is 9. The molecule has 186 valence electrons. The van der Waals surface area contributed by atoms with Gasteiger partial charge in [-0.1, -0.05) is 15.9 Å². The Bertz CT molecular complexity index is 1510. The summed E-state index contributed by atoms with van der Waals surface area (Å²) in [5.41, 5.74) is 0.198. The molecule has 3 heterocycles. The van der Waals surface area contributed by atoms with Crippen molar-refractivity contribution in [1.82, 2.24) is 24.4 Å². The van der Waals surface area contributed by atoms with E-state index < -0.39 is 17.2 Å². The number of hydrogen-bond acceptors (Lipinski definition) is 7. The average molecular weight is 554 g/mol. The molecule has 4 aromatic rings. The molecular weight excluding hydrogens is 530 g/mol. The molecule has 0 aliphatic heterocycles. The van der Waals surface area contributed by atoms with Gasteiger partial charge >= 0.3 is 5.69 Å². The monoisotopic (exact) mass is 553 g/mol. The largest absolute Gasteiger partial charge is 0.492 e. The number of halogens is 1. The molecule has 0 aliphatic carbocycles. The van der Waals surface area contributed by atoms with Gasteiger partial charge in [0.2, 0.25) is 5.88 Å². The maximum Gasteiger partial charge on any atom is 0.331 e. The van der Waals surface area contributed by atoms with Crippen LogP contribution in [0.1, 0.15) is 23.0 Å². The van der Waals surface area contributed by atoms with Crippen molar-refractivity contribution >= 4 is 32.7 Å². The van der Waals surface area contributed by atoms with Gasteiger partial charge in [0, 0.05) is 30.3 Å². The lowest BCUT2D eigenvalue weighted by Crippen LogP contribution is -2.40. The fourth-order valence-corrected chi connectivity index (χ4v) is 3.83. The van der Waals surface area contributed by atoms with Crippen molar-refractivity contribution < 1.29 is 14.3 Å². The Morgan fingerprint density at radius 3 is 2.61 bits per heavy atom. The van der Waals surface area contributed by atoms with E-state index in [1.165, 1.54) is 16.8 Å². The van der Waals surface area contributed by atoms with Crippen molar-refractivity contribution in [2.45, 2.75) is 20.0 Å². The molecule has 0 spiro atoms. The van der Waals surface area contributed by atoms with Gasteiger partial charge in [0.1, 0.15) is 18.1 Å². The maximum atomic E-state index is 13.1. The highest BCUT2D eigenvalue weighted by atomic mass is 79.9. The number of carbonyl (C=O) groups is 1. The second-order valence-electron chi connectivity index (χ2n) is 7.81. The summed E-state index contributed by atoms with van der Waals surface area (Å²) in [7, 11) is 1.55. The Morgan fingerprint density at radius 1 is 1.08 bits per heavy atom. The molecule has 0 atom stereocenters. The van der Waals surface area contributed by atoms with Crippen LogP contribution in [0.5, 0.6) is 11.6 Å². The quantitative estimate of drug-likeness (QED) is 0.338. The zero-order valence-electron chi connectivity index (χ0n) is 19.7. The third-order valence-electron chi connectivity index (χ3n) is 5.41. The summed E-state index contributed by atoms with van der Waals surface area (Å²) in [6.45, 7) is 2.75. The third kappa shape index (κ3) is 5.62. The molecule has 0 saturated carbocycles. The van der Waals surface area contributed by atoms with Crippen molar-refractivity contribution in [1.29, 1.82) is 0 Å². The van der Waals surface area contributed by atoms with Gasteiger partial charge in [-0.3, -0.25) is 18.7 Å². The normalized spacial score (nSPS) is 10.9. The van der Waals surface area contributed by atoms with Crippen LogP contribution < -0.4 is 26.0 Å². The molecule has 36 heavy (non-hydrogen) atoms. The molecule has 4 rings (SSSR count). The number of carbonyl (C=O) groups excluding carboxylic acids is 1. The first-order valence-electron chi connectivity index (χ1n) is 11.2. The van der Waals surface area contributed by atoms with E-state index in [0.29, 0.717) is 23.8 Å². The zero-order chi connectivity index (χ0) is 25.7. The fourth-order valence-electron chi connectivity index (χ4n) is 3.57. The second kappa shape index (κ2) is 11.2. The van der Waals surface area contributed by atoms with E-state index in [9.17, 15) is 14.4 Å². The fraction of sp³-hybridized carbons (Fsp3) is 0.240. The molecule has 0 bridgehead atoms. The highest BCUT2D eigenvalue weighted by Gasteiger charge is 2.15. The molecule has 0 fully saturated rings. The molecule has 10 nitrogen and oxygen atoms in total. The first-order chi connectivity index (χ1) is 17.4. The van der Waals surface area contributed by atoms with Gasteiger partial charge in [-0.2, -0.15) is 0 Å². The average Bonchev–Trinajstić information content (AvgIpc) is 2.89. The predicted molar refractivity (Wildman–Crippen MR) is 137 cm³/mol. The van der Waals surface area contributed by atoms with Crippen molar-refractivity contribution in [3.05, 3.63) is 91.4 Å². The molecule has 1 aromatic carbocycles. The van der Waals surface area contributed by atoms with Gasteiger partial charge < -0.3 is 14.8 Å². The Morgan fingerprint density at radius 2 is 1.86 bits per heavy atom. The summed E-state index contributed by atoms with van der Waals surface area (Å²) < 4.78 is 14.4. The van der Waals surface area contributed by atoms with E-state index in [1.54, 1.807) is 37.5 Å². The van der Waals surface area contributed by atoms with Gasteiger partial charge in [0.05, 0.1) is 30.3 Å². The highest BCUT2D eigenvalue weighted by molar-refractivity contribution is 9.10. The minimum Gasteiger partial charge on any atom is -0.492 e. The number of hydrogen-bond donors (Lipinski definition) is 1. The number of aromatic nitrogens is 4. The first kappa shape index (κ1) is 25.1. The lowest BCUT2D eigenvalue weighted by Gasteiger charge is -2.12. The number of ether oxygens (including phenoxy) is 2. The van der Waals surface area contributed by atoms with Crippen molar-refractivity contribution in [3.8, 4) is 11.6 Å². The Hall–Kier alpha value is -3.99. The van der Waals surface area contributed by atoms with Crippen LogP contribution >= 0.6 is 15.9 Å². The highest BCUT2D eigenvalue weighted by Crippen LogP contribution is 2.16. The van der Waals surface area contributed by atoms with Crippen LogP contribution in [0.2, 0.25) is 0 Å². The molecule has 0 saturated heterocycles. The molecule has 0 unspecified atom stereocenters. The van der Waals surface area contributed by atoms with Crippen LogP contribution in [0.15, 0.2) is 68.9 Å². The SMILES string of the molecule is CCOc1cc(CNC(=O)c2cc3c(=O)n(CCOc4ccc(Br)cc4)c(=O)n(C)c3cn2)ccn1. The number of aryl methyl sites for hydroxylation is 1. The van der Waals surface area contributed by atoms with Gasteiger partial charge in [-0.05, 0) is 48.9 Å². The number of nitrogens with zero attached hydrogens (tertiary/aromatic N) is 4. The molecule has 0 aliphatic rings. The lowest BCUT2D eigenvalue weighted by molar-refractivity contribution is 0.0946. The van der Waals surface area contributed by atoms with Crippen molar-refractivity contribution in [2.24, 2.45) is 7.05 Å². The lowest BCUT2D eigenvalue weighted by atomic mass is 10.2.